The van der Waals surface area contributed by atoms with Crippen LogP contribution >= 0.6 is 15.9 Å². The van der Waals surface area contributed by atoms with E-state index in [4.69, 9.17) is 0 Å². The lowest BCUT2D eigenvalue weighted by Gasteiger charge is -2.41. The first kappa shape index (κ1) is 11.7. The molecule has 1 amide bonds. The molecule has 1 unspecified atom stereocenters. The van der Waals surface area contributed by atoms with Crippen LogP contribution < -0.4 is 10.2 Å². The quantitative estimate of drug-likeness (QED) is 0.793. The molecule has 5 heteroatoms. The molecule has 4 nitrogen and oxygen atoms in total. The predicted octanol–water partition coefficient (Wildman–Crippen LogP) is 1.65. The van der Waals surface area contributed by atoms with Crippen molar-refractivity contribution in [3.63, 3.8) is 0 Å². The number of aryl methyl sites for hydroxylation is 1. The van der Waals surface area contributed by atoms with Crippen LogP contribution in [0.15, 0.2) is 16.6 Å². The average Bonchev–Trinajstić information content (AvgIpc) is 2.30. The number of rotatable bonds is 0. The van der Waals surface area contributed by atoms with Crippen LogP contribution in [0.4, 0.5) is 5.69 Å². The van der Waals surface area contributed by atoms with Gasteiger partial charge in [0.15, 0.2) is 5.78 Å². The molecule has 0 bridgehead atoms. The highest BCUT2D eigenvalue weighted by Crippen LogP contribution is 2.36. The van der Waals surface area contributed by atoms with Gasteiger partial charge in [0.25, 0.3) is 0 Å². The lowest BCUT2D eigenvalue weighted by Crippen LogP contribution is -2.58. The summed E-state index contributed by atoms with van der Waals surface area (Å²) in [5.41, 5.74) is 2.69. The Morgan fingerprint density at radius 2 is 2.17 bits per heavy atom. The molecule has 0 aliphatic carbocycles. The van der Waals surface area contributed by atoms with Gasteiger partial charge >= 0.3 is 0 Å². The predicted molar refractivity (Wildman–Crippen MR) is 72.0 cm³/mol. The number of hydrogen-bond acceptors (Lipinski definition) is 3. The van der Waals surface area contributed by atoms with Crippen molar-refractivity contribution < 1.29 is 9.59 Å². The summed E-state index contributed by atoms with van der Waals surface area (Å²) < 4.78 is 0.909. The lowest BCUT2D eigenvalue weighted by atomic mass is 9.91. The molecular weight excluding hydrogens is 296 g/mol. The van der Waals surface area contributed by atoms with Gasteiger partial charge in [0.2, 0.25) is 5.91 Å². The normalized spacial score (nSPS) is 22.3. The summed E-state index contributed by atoms with van der Waals surface area (Å²) in [6.07, 6.45) is 0.273. The van der Waals surface area contributed by atoms with Crippen LogP contribution in [0.1, 0.15) is 22.3 Å². The zero-order valence-electron chi connectivity index (χ0n) is 10.00. The standard InChI is InChI=1S/C13H13BrN2O2/c1-7-4-8(14)5-9-11(17)6-10-13(18)15-2-3-16(10)12(7)9/h4-5,10H,2-3,6H2,1H3,(H,15,18). The van der Waals surface area contributed by atoms with Crippen molar-refractivity contribution in [2.24, 2.45) is 0 Å². The molecule has 1 N–H and O–H groups in total. The van der Waals surface area contributed by atoms with Gasteiger partial charge in [-0.25, -0.2) is 0 Å². The van der Waals surface area contributed by atoms with Crippen LogP contribution in [0.2, 0.25) is 0 Å². The van der Waals surface area contributed by atoms with Crippen molar-refractivity contribution in [3.8, 4) is 0 Å². The smallest absolute Gasteiger partial charge is 0.243 e. The Labute approximate surface area is 113 Å². The Hall–Kier alpha value is -1.36. The summed E-state index contributed by atoms with van der Waals surface area (Å²) in [6.45, 7) is 3.38. The van der Waals surface area contributed by atoms with Gasteiger partial charge in [0.05, 0.1) is 5.69 Å². The molecule has 94 valence electrons. The van der Waals surface area contributed by atoms with Crippen LogP contribution in [0.3, 0.4) is 0 Å². The van der Waals surface area contributed by atoms with Gasteiger partial charge in [-0.15, -0.1) is 0 Å². The topological polar surface area (TPSA) is 49.4 Å². The van der Waals surface area contributed by atoms with E-state index in [0.717, 1.165) is 27.8 Å². The van der Waals surface area contributed by atoms with Crippen molar-refractivity contribution in [1.29, 1.82) is 0 Å². The number of Topliss-reactive ketones (excluding diaryl/α,β-unsaturated/α-hetero) is 1. The summed E-state index contributed by atoms with van der Waals surface area (Å²) >= 11 is 3.42. The first-order chi connectivity index (χ1) is 8.58. The van der Waals surface area contributed by atoms with Crippen LogP contribution in [0, 0.1) is 6.92 Å². The SMILES string of the molecule is Cc1cc(Br)cc2c1N1CCNC(=O)C1CC2=O. The highest BCUT2D eigenvalue weighted by molar-refractivity contribution is 9.10. The summed E-state index contributed by atoms with van der Waals surface area (Å²) in [6, 6.07) is 3.51. The van der Waals surface area contributed by atoms with Gasteiger partial charge in [-0.1, -0.05) is 15.9 Å². The Bertz CT molecular complexity index is 556. The molecule has 2 heterocycles. The number of nitrogens with zero attached hydrogens (tertiary/aromatic N) is 1. The molecule has 1 fully saturated rings. The third-order valence-electron chi connectivity index (χ3n) is 3.56. The summed E-state index contributed by atoms with van der Waals surface area (Å²) in [4.78, 5) is 26.1. The molecule has 0 radical (unpaired) electrons. The summed E-state index contributed by atoms with van der Waals surface area (Å²) in [5, 5.41) is 2.82. The molecule has 0 saturated carbocycles. The van der Waals surface area contributed by atoms with Gasteiger partial charge in [0.1, 0.15) is 6.04 Å². The van der Waals surface area contributed by atoms with E-state index in [2.05, 4.69) is 26.1 Å². The molecular formula is C13H13BrN2O2. The number of halogens is 1. The lowest BCUT2D eigenvalue weighted by molar-refractivity contribution is -0.123. The number of nitrogens with one attached hydrogen (secondary N) is 1. The first-order valence-electron chi connectivity index (χ1n) is 5.95. The number of carbonyl (C=O) groups is 2. The second-order valence-corrected chi connectivity index (χ2v) is 5.66. The number of ketones is 1. The molecule has 1 saturated heterocycles. The number of fused-ring (bicyclic) bond motifs is 3. The summed E-state index contributed by atoms with van der Waals surface area (Å²) in [5.74, 6) is 0.00951. The highest BCUT2D eigenvalue weighted by atomic mass is 79.9. The number of anilines is 1. The molecule has 3 rings (SSSR count). The molecule has 2 aliphatic rings. The van der Waals surface area contributed by atoms with Crippen LogP contribution in [0.5, 0.6) is 0 Å². The second kappa shape index (κ2) is 4.09. The molecule has 1 aromatic rings. The molecule has 0 spiro atoms. The van der Waals surface area contributed by atoms with Crippen LogP contribution in [-0.2, 0) is 4.79 Å². The van der Waals surface area contributed by atoms with E-state index >= 15 is 0 Å². The minimum Gasteiger partial charge on any atom is -0.357 e. The van der Waals surface area contributed by atoms with E-state index in [0.29, 0.717) is 6.54 Å². The maximum Gasteiger partial charge on any atom is 0.243 e. The zero-order valence-corrected chi connectivity index (χ0v) is 11.6. The van der Waals surface area contributed by atoms with Gasteiger partial charge in [0, 0.05) is 29.5 Å². The minimum atomic E-state index is -0.335. The largest absolute Gasteiger partial charge is 0.357 e. The number of benzene rings is 1. The van der Waals surface area contributed by atoms with Crippen LogP contribution in [-0.4, -0.2) is 30.8 Å². The van der Waals surface area contributed by atoms with Gasteiger partial charge < -0.3 is 10.2 Å². The first-order valence-corrected chi connectivity index (χ1v) is 6.75. The van der Waals surface area contributed by atoms with Gasteiger partial charge in [-0.2, -0.15) is 0 Å². The number of carbonyl (C=O) groups excluding carboxylic acids is 2. The molecule has 0 aromatic heterocycles. The highest BCUT2D eigenvalue weighted by Gasteiger charge is 2.38. The van der Waals surface area contributed by atoms with E-state index in [1.165, 1.54) is 0 Å². The Balaban J connectivity index is 2.17. The maximum atomic E-state index is 12.2. The van der Waals surface area contributed by atoms with E-state index in [1.807, 2.05) is 19.1 Å². The fourth-order valence-electron chi connectivity index (χ4n) is 2.80. The molecule has 1 aromatic carbocycles. The third kappa shape index (κ3) is 1.65. The monoisotopic (exact) mass is 308 g/mol. The Kier molecular flexibility index (Phi) is 2.66. The molecule has 18 heavy (non-hydrogen) atoms. The van der Waals surface area contributed by atoms with Crippen molar-refractivity contribution in [3.05, 3.63) is 27.7 Å². The Morgan fingerprint density at radius 3 is 2.94 bits per heavy atom. The van der Waals surface area contributed by atoms with E-state index < -0.39 is 0 Å². The number of piperazine rings is 1. The third-order valence-corrected chi connectivity index (χ3v) is 4.02. The zero-order chi connectivity index (χ0) is 12.9. The van der Waals surface area contributed by atoms with Gasteiger partial charge in [-0.05, 0) is 24.6 Å². The Morgan fingerprint density at radius 1 is 1.39 bits per heavy atom. The molecule has 1 atom stereocenters. The van der Waals surface area contributed by atoms with Gasteiger partial charge in [-0.3, -0.25) is 9.59 Å². The van der Waals surface area contributed by atoms with E-state index in [1.54, 1.807) is 0 Å². The fourth-order valence-corrected chi connectivity index (χ4v) is 3.37. The van der Waals surface area contributed by atoms with Crippen molar-refractivity contribution >= 4 is 33.3 Å². The number of hydrogen-bond donors (Lipinski definition) is 1. The van der Waals surface area contributed by atoms with E-state index in [-0.39, 0.29) is 24.2 Å². The van der Waals surface area contributed by atoms with Crippen LogP contribution in [0.25, 0.3) is 0 Å². The molecule has 2 aliphatic heterocycles. The summed E-state index contributed by atoms with van der Waals surface area (Å²) in [7, 11) is 0. The van der Waals surface area contributed by atoms with Crippen molar-refractivity contribution in [2.45, 2.75) is 19.4 Å². The fraction of sp³-hybridized carbons (Fsp3) is 0.385. The second-order valence-electron chi connectivity index (χ2n) is 4.75. The van der Waals surface area contributed by atoms with Crippen molar-refractivity contribution in [2.75, 3.05) is 18.0 Å². The van der Waals surface area contributed by atoms with E-state index in [9.17, 15) is 9.59 Å². The minimum absolute atomic E-state index is 0.0393. The maximum absolute atomic E-state index is 12.2. The average molecular weight is 309 g/mol. The van der Waals surface area contributed by atoms with Crippen molar-refractivity contribution in [1.82, 2.24) is 5.32 Å². The number of amides is 1.